The molecule has 0 bridgehead atoms. The van der Waals surface area contributed by atoms with Gasteiger partial charge in [-0.15, -0.1) is 0 Å². The van der Waals surface area contributed by atoms with Gasteiger partial charge in [-0.2, -0.15) is 0 Å². The molecule has 0 spiro atoms. The van der Waals surface area contributed by atoms with Gasteiger partial charge >= 0.3 is 0 Å². The van der Waals surface area contributed by atoms with Gasteiger partial charge in [-0.25, -0.2) is 8.78 Å². The van der Waals surface area contributed by atoms with Crippen molar-refractivity contribution in [3.8, 4) is 0 Å². The van der Waals surface area contributed by atoms with Crippen molar-refractivity contribution in [2.75, 3.05) is 0 Å². The number of benzene rings is 2. The molecule has 1 atom stereocenters. The van der Waals surface area contributed by atoms with Crippen LogP contribution in [0.15, 0.2) is 48.5 Å². The average molecular weight is 232 g/mol. The molecule has 2 aromatic rings. The van der Waals surface area contributed by atoms with E-state index >= 15 is 0 Å². The van der Waals surface area contributed by atoms with E-state index in [9.17, 15) is 8.78 Å². The first-order valence-electron chi connectivity index (χ1n) is 5.72. The second kappa shape index (κ2) is 5.09. The summed E-state index contributed by atoms with van der Waals surface area (Å²) in [5.41, 5.74) is 1.61. The van der Waals surface area contributed by atoms with Crippen molar-refractivity contribution in [3.63, 3.8) is 0 Å². The van der Waals surface area contributed by atoms with Crippen LogP contribution in [0.3, 0.4) is 0 Å². The van der Waals surface area contributed by atoms with Gasteiger partial charge in [0.1, 0.15) is 11.6 Å². The molecule has 0 amide bonds. The van der Waals surface area contributed by atoms with Crippen molar-refractivity contribution in [2.45, 2.75) is 19.3 Å². The molecule has 2 rings (SSSR count). The molecule has 2 heteroatoms. The van der Waals surface area contributed by atoms with Crippen molar-refractivity contribution in [1.82, 2.24) is 0 Å². The second-order valence-electron chi connectivity index (χ2n) is 4.03. The second-order valence-corrected chi connectivity index (χ2v) is 4.03. The average Bonchev–Trinajstić information content (AvgIpc) is 2.35. The highest BCUT2D eigenvalue weighted by Gasteiger charge is 2.15. The van der Waals surface area contributed by atoms with Crippen LogP contribution in [0.2, 0.25) is 0 Å². The first-order chi connectivity index (χ1) is 8.22. The third kappa shape index (κ3) is 2.52. The molecule has 0 aliphatic heterocycles. The molecule has 0 aromatic heterocycles. The molecule has 88 valence electrons. The maximum atomic E-state index is 13.7. The van der Waals surface area contributed by atoms with E-state index in [1.54, 1.807) is 24.3 Å². The van der Waals surface area contributed by atoms with E-state index < -0.39 is 0 Å². The molecule has 0 fully saturated rings. The lowest BCUT2D eigenvalue weighted by Crippen LogP contribution is -2.02. The summed E-state index contributed by atoms with van der Waals surface area (Å²) < 4.78 is 26.6. The summed E-state index contributed by atoms with van der Waals surface area (Å²) >= 11 is 0. The Labute approximate surface area is 99.9 Å². The minimum absolute atomic E-state index is 0.0169. The molecule has 0 saturated heterocycles. The smallest absolute Gasteiger partial charge is 0.127 e. The lowest BCUT2D eigenvalue weighted by Gasteiger charge is -2.16. The molecule has 1 unspecified atom stereocenters. The molecule has 0 radical (unpaired) electrons. The minimum Gasteiger partial charge on any atom is -0.207 e. The van der Waals surface area contributed by atoms with Gasteiger partial charge in [0.25, 0.3) is 0 Å². The van der Waals surface area contributed by atoms with Gasteiger partial charge in [0.05, 0.1) is 0 Å². The quantitative estimate of drug-likeness (QED) is 0.730. The third-order valence-corrected chi connectivity index (χ3v) is 2.96. The molecule has 0 aliphatic rings. The third-order valence-electron chi connectivity index (χ3n) is 2.96. The Morgan fingerprint density at radius 1 is 0.941 bits per heavy atom. The van der Waals surface area contributed by atoms with Crippen LogP contribution in [-0.2, 0) is 0 Å². The summed E-state index contributed by atoms with van der Waals surface area (Å²) in [6.45, 7) is 2.00. The zero-order valence-corrected chi connectivity index (χ0v) is 9.66. The number of halogens is 2. The van der Waals surface area contributed by atoms with Crippen LogP contribution in [0.5, 0.6) is 0 Å². The summed E-state index contributed by atoms with van der Waals surface area (Å²) in [4.78, 5) is 0. The van der Waals surface area contributed by atoms with Gasteiger partial charge in [-0.05, 0) is 35.7 Å². The van der Waals surface area contributed by atoms with Crippen molar-refractivity contribution in [1.29, 1.82) is 0 Å². The zero-order chi connectivity index (χ0) is 12.3. The van der Waals surface area contributed by atoms with Crippen molar-refractivity contribution in [3.05, 3.63) is 71.3 Å². The van der Waals surface area contributed by atoms with Crippen LogP contribution in [0.25, 0.3) is 0 Å². The number of hydrogen-bond acceptors (Lipinski definition) is 0. The normalized spacial score (nSPS) is 12.4. The molecule has 2 aromatic carbocycles. The Kier molecular flexibility index (Phi) is 3.52. The van der Waals surface area contributed by atoms with Crippen LogP contribution in [-0.4, -0.2) is 0 Å². The molecule has 0 nitrogen and oxygen atoms in total. The monoisotopic (exact) mass is 232 g/mol. The van der Waals surface area contributed by atoms with Gasteiger partial charge in [-0.1, -0.05) is 37.3 Å². The summed E-state index contributed by atoms with van der Waals surface area (Å²) in [6, 6.07) is 13.0. The van der Waals surface area contributed by atoms with Crippen molar-refractivity contribution in [2.24, 2.45) is 0 Å². The SMILES string of the molecule is CCC(c1ccc(F)cc1)c1ccccc1F. The zero-order valence-electron chi connectivity index (χ0n) is 9.66. The molecule has 17 heavy (non-hydrogen) atoms. The molecule has 0 heterocycles. The van der Waals surface area contributed by atoms with E-state index in [0.29, 0.717) is 5.56 Å². The Morgan fingerprint density at radius 3 is 2.18 bits per heavy atom. The molecule has 0 N–H and O–H groups in total. The van der Waals surface area contributed by atoms with Crippen molar-refractivity contribution < 1.29 is 8.78 Å². The summed E-state index contributed by atoms with van der Waals surface area (Å²) in [5.74, 6) is -0.488. The van der Waals surface area contributed by atoms with Crippen LogP contribution in [0.1, 0.15) is 30.4 Å². The van der Waals surface area contributed by atoms with Gasteiger partial charge in [0.15, 0.2) is 0 Å². The van der Waals surface area contributed by atoms with Crippen LogP contribution >= 0.6 is 0 Å². The predicted molar refractivity (Wildman–Crippen MR) is 64.9 cm³/mol. The first-order valence-corrected chi connectivity index (χ1v) is 5.72. The van der Waals surface area contributed by atoms with Gasteiger partial charge in [0, 0.05) is 5.92 Å². The lowest BCUT2D eigenvalue weighted by atomic mass is 9.89. The molecule has 0 saturated carbocycles. The maximum Gasteiger partial charge on any atom is 0.127 e. The molecular formula is C15H14F2. The highest BCUT2D eigenvalue weighted by atomic mass is 19.1. The van der Waals surface area contributed by atoms with Crippen molar-refractivity contribution >= 4 is 0 Å². The van der Waals surface area contributed by atoms with E-state index in [2.05, 4.69) is 0 Å². The van der Waals surface area contributed by atoms with Crippen LogP contribution < -0.4 is 0 Å². The fraction of sp³-hybridized carbons (Fsp3) is 0.200. The van der Waals surface area contributed by atoms with E-state index in [0.717, 1.165) is 12.0 Å². The summed E-state index contributed by atoms with van der Waals surface area (Å²) in [7, 11) is 0. The first kappa shape index (κ1) is 11.8. The molecule has 0 aliphatic carbocycles. The van der Waals surface area contributed by atoms with Gasteiger partial charge in [-0.3, -0.25) is 0 Å². The highest BCUT2D eigenvalue weighted by Crippen LogP contribution is 2.29. The molecular weight excluding hydrogens is 218 g/mol. The van der Waals surface area contributed by atoms with E-state index in [1.165, 1.54) is 18.2 Å². The van der Waals surface area contributed by atoms with Gasteiger partial charge < -0.3 is 0 Å². The number of hydrogen-bond donors (Lipinski definition) is 0. The van der Waals surface area contributed by atoms with E-state index in [1.807, 2.05) is 13.0 Å². The van der Waals surface area contributed by atoms with E-state index in [-0.39, 0.29) is 17.6 Å². The largest absolute Gasteiger partial charge is 0.207 e. The Bertz CT molecular complexity index is 489. The number of rotatable bonds is 3. The Balaban J connectivity index is 2.40. The topological polar surface area (TPSA) is 0 Å². The maximum absolute atomic E-state index is 13.7. The summed E-state index contributed by atoms with van der Waals surface area (Å²) in [5, 5.41) is 0. The Hall–Kier alpha value is -1.70. The van der Waals surface area contributed by atoms with Crippen LogP contribution in [0, 0.1) is 11.6 Å². The fourth-order valence-electron chi connectivity index (χ4n) is 2.09. The highest BCUT2D eigenvalue weighted by molar-refractivity contribution is 5.33. The van der Waals surface area contributed by atoms with E-state index in [4.69, 9.17) is 0 Å². The Morgan fingerprint density at radius 2 is 1.59 bits per heavy atom. The fourth-order valence-corrected chi connectivity index (χ4v) is 2.09. The standard InChI is InChI=1S/C15H14F2/c1-2-13(11-7-9-12(16)10-8-11)14-5-3-4-6-15(14)17/h3-10,13H,2H2,1H3. The van der Waals surface area contributed by atoms with Crippen LogP contribution in [0.4, 0.5) is 8.78 Å². The summed E-state index contributed by atoms with van der Waals surface area (Å²) in [6.07, 6.45) is 0.784. The predicted octanol–water partition coefficient (Wildman–Crippen LogP) is 4.51. The minimum atomic E-state index is -0.267. The lowest BCUT2D eigenvalue weighted by molar-refractivity contribution is 0.591. The van der Waals surface area contributed by atoms with Gasteiger partial charge in [0.2, 0.25) is 0 Å².